The zero-order chi connectivity index (χ0) is 18.6. The molecule has 0 aliphatic carbocycles. The first kappa shape index (κ1) is 17.8. The molecule has 1 fully saturated rings. The Hall–Kier alpha value is -2.64. The molecule has 4 rings (SSSR count). The van der Waals surface area contributed by atoms with Crippen molar-refractivity contribution in [1.29, 1.82) is 0 Å². The molecule has 7 heteroatoms. The molecular formula is C20H23N3O4. The highest BCUT2D eigenvalue weighted by molar-refractivity contribution is 6.00. The van der Waals surface area contributed by atoms with E-state index in [0.717, 1.165) is 36.5 Å². The summed E-state index contributed by atoms with van der Waals surface area (Å²) in [5, 5.41) is 3.20. The molecule has 1 amide bonds. The summed E-state index contributed by atoms with van der Waals surface area (Å²) in [6, 6.07) is 7.77. The van der Waals surface area contributed by atoms with Gasteiger partial charge in [-0.05, 0) is 36.8 Å². The number of amides is 1. The molecule has 3 aliphatic heterocycles. The fourth-order valence-electron chi connectivity index (χ4n) is 3.53. The highest BCUT2D eigenvalue weighted by Crippen LogP contribution is 2.25. The number of Topliss-reactive ketones (excluding diaryl/α,β-unsaturated/α-hetero) is 1. The smallest absolute Gasteiger partial charge is 0.418 e. The number of carbonyl (C=O) groups is 2. The summed E-state index contributed by atoms with van der Waals surface area (Å²) in [5.74, 6) is 0.0753. The van der Waals surface area contributed by atoms with Crippen LogP contribution in [-0.2, 0) is 14.3 Å². The summed E-state index contributed by atoms with van der Waals surface area (Å²) in [6.07, 6.45) is 5.31. The largest absolute Gasteiger partial charge is 0.419 e. The van der Waals surface area contributed by atoms with Gasteiger partial charge in [-0.1, -0.05) is 6.08 Å². The zero-order valence-corrected chi connectivity index (χ0v) is 15.1. The van der Waals surface area contributed by atoms with E-state index in [9.17, 15) is 9.59 Å². The molecule has 3 heterocycles. The molecule has 1 saturated heterocycles. The van der Waals surface area contributed by atoms with Gasteiger partial charge in [0.15, 0.2) is 5.78 Å². The number of rotatable bonds is 4. The van der Waals surface area contributed by atoms with Crippen molar-refractivity contribution in [2.24, 2.45) is 0 Å². The number of hydrogen-bond acceptors (Lipinski definition) is 6. The fourth-order valence-corrected chi connectivity index (χ4v) is 3.53. The molecule has 1 aromatic rings. The van der Waals surface area contributed by atoms with Crippen LogP contribution in [0.15, 0.2) is 48.3 Å². The highest BCUT2D eigenvalue weighted by atomic mass is 16.5. The molecule has 3 aliphatic rings. The Morgan fingerprint density at radius 1 is 1.19 bits per heavy atom. The Labute approximate surface area is 158 Å². The van der Waals surface area contributed by atoms with E-state index in [0.29, 0.717) is 26.2 Å². The van der Waals surface area contributed by atoms with Gasteiger partial charge in [-0.25, -0.2) is 4.79 Å². The third kappa shape index (κ3) is 3.89. The van der Waals surface area contributed by atoms with Crippen molar-refractivity contribution in [3.8, 4) is 0 Å². The molecule has 0 bridgehead atoms. The SMILES string of the molecule is O=C(C1=CCCN(c2ccc(N3CC=COC3=O)cc2)C1)C1CNCCO1. The van der Waals surface area contributed by atoms with Gasteiger partial charge >= 0.3 is 6.09 Å². The number of morpholine rings is 1. The lowest BCUT2D eigenvalue weighted by Crippen LogP contribution is -2.45. The first-order valence-corrected chi connectivity index (χ1v) is 9.26. The summed E-state index contributed by atoms with van der Waals surface area (Å²) in [7, 11) is 0. The Morgan fingerprint density at radius 3 is 2.74 bits per heavy atom. The first-order chi connectivity index (χ1) is 13.2. The Morgan fingerprint density at radius 2 is 2.00 bits per heavy atom. The van der Waals surface area contributed by atoms with Gasteiger partial charge in [-0.2, -0.15) is 0 Å². The number of hydrogen-bond donors (Lipinski definition) is 1. The summed E-state index contributed by atoms with van der Waals surface area (Å²) in [4.78, 5) is 28.3. The van der Waals surface area contributed by atoms with Gasteiger partial charge in [0.05, 0.1) is 19.4 Å². The van der Waals surface area contributed by atoms with Gasteiger partial charge in [-0.3, -0.25) is 9.69 Å². The van der Waals surface area contributed by atoms with Crippen molar-refractivity contribution in [3.05, 3.63) is 48.3 Å². The monoisotopic (exact) mass is 369 g/mol. The van der Waals surface area contributed by atoms with E-state index in [2.05, 4.69) is 10.2 Å². The molecule has 7 nitrogen and oxygen atoms in total. The molecule has 1 unspecified atom stereocenters. The molecule has 27 heavy (non-hydrogen) atoms. The predicted octanol–water partition coefficient (Wildman–Crippen LogP) is 1.85. The van der Waals surface area contributed by atoms with Gasteiger partial charge in [-0.15, -0.1) is 0 Å². The van der Waals surface area contributed by atoms with E-state index >= 15 is 0 Å². The molecule has 1 atom stereocenters. The Bertz CT molecular complexity index is 766. The van der Waals surface area contributed by atoms with Gasteiger partial charge in [0, 0.05) is 43.1 Å². The molecule has 0 saturated carbocycles. The number of carbonyl (C=O) groups excluding carboxylic acids is 2. The van der Waals surface area contributed by atoms with Crippen LogP contribution in [-0.4, -0.2) is 57.3 Å². The second kappa shape index (κ2) is 7.94. The summed E-state index contributed by atoms with van der Waals surface area (Å²) < 4.78 is 10.5. The Balaban J connectivity index is 1.43. The second-order valence-corrected chi connectivity index (χ2v) is 6.75. The number of nitrogens with one attached hydrogen (secondary N) is 1. The van der Waals surface area contributed by atoms with Crippen LogP contribution in [0.2, 0.25) is 0 Å². The van der Waals surface area contributed by atoms with Crippen molar-refractivity contribution in [3.63, 3.8) is 0 Å². The van der Waals surface area contributed by atoms with Crippen LogP contribution in [0.1, 0.15) is 6.42 Å². The number of nitrogens with zero attached hydrogens (tertiary/aromatic N) is 2. The lowest BCUT2D eigenvalue weighted by molar-refractivity contribution is -0.128. The molecule has 0 radical (unpaired) electrons. The van der Waals surface area contributed by atoms with E-state index in [1.807, 2.05) is 30.3 Å². The van der Waals surface area contributed by atoms with E-state index in [4.69, 9.17) is 9.47 Å². The highest BCUT2D eigenvalue weighted by Gasteiger charge is 2.27. The second-order valence-electron chi connectivity index (χ2n) is 6.75. The Kier molecular flexibility index (Phi) is 5.22. The number of ketones is 1. The maximum absolute atomic E-state index is 12.7. The number of benzene rings is 1. The van der Waals surface area contributed by atoms with E-state index in [-0.39, 0.29) is 18.0 Å². The molecule has 1 N–H and O–H groups in total. The van der Waals surface area contributed by atoms with Crippen molar-refractivity contribution in [1.82, 2.24) is 5.32 Å². The minimum absolute atomic E-state index is 0.0753. The van der Waals surface area contributed by atoms with E-state index in [1.54, 1.807) is 11.0 Å². The maximum Gasteiger partial charge on any atom is 0.419 e. The normalized spacial score (nSPS) is 23.0. The van der Waals surface area contributed by atoms with Crippen LogP contribution in [0.5, 0.6) is 0 Å². The number of anilines is 2. The van der Waals surface area contributed by atoms with Crippen LogP contribution in [0, 0.1) is 0 Å². The third-order valence-electron chi connectivity index (χ3n) is 4.99. The van der Waals surface area contributed by atoms with E-state index in [1.165, 1.54) is 6.26 Å². The van der Waals surface area contributed by atoms with Crippen LogP contribution < -0.4 is 15.1 Å². The lowest BCUT2D eigenvalue weighted by Gasteiger charge is -2.31. The van der Waals surface area contributed by atoms with Crippen LogP contribution in [0.25, 0.3) is 0 Å². The maximum atomic E-state index is 12.7. The average molecular weight is 369 g/mol. The molecule has 0 aromatic heterocycles. The van der Waals surface area contributed by atoms with Crippen molar-refractivity contribution >= 4 is 23.3 Å². The van der Waals surface area contributed by atoms with Crippen LogP contribution in [0.4, 0.5) is 16.2 Å². The topological polar surface area (TPSA) is 71.1 Å². The molecule has 1 aromatic carbocycles. The summed E-state index contributed by atoms with van der Waals surface area (Å²) >= 11 is 0. The van der Waals surface area contributed by atoms with Crippen molar-refractivity contribution < 1.29 is 19.1 Å². The molecule has 0 spiro atoms. The number of ether oxygens (including phenoxy) is 2. The minimum atomic E-state index is -0.384. The standard InChI is InChI=1S/C20H23N3O4/c24-19(18-13-21-8-12-26-18)15-3-1-9-22(14-15)16-4-6-17(7-5-16)23-10-2-11-27-20(23)25/h2-7,11,18,21H,1,8-10,12-14H2. The fraction of sp³-hybridized carbons (Fsp3) is 0.400. The van der Waals surface area contributed by atoms with Crippen molar-refractivity contribution in [2.45, 2.75) is 12.5 Å². The molecule has 142 valence electrons. The van der Waals surface area contributed by atoms with Gasteiger partial charge in [0.25, 0.3) is 0 Å². The summed E-state index contributed by atoms with van der Waals surface area (Å²) in [6.45, 7) is 3.87. The average Bonchev–Trinajstić information content (AvgIpc) is 2.74. The van der Waals surface area contributed by atoms with Gasteiger partial charge in [0.1, 0.15) is 6.10 Å². The zero-order valence-electron chi connectivity index (χ0n) is 15.1. The van der Waals surface area contributed by atoms with Gasteiger partial charge < -0.3 is 19.7 Å². The van der Waals surface area contributed by atoms with Crippen LogP contribution >= 0.6 is 0 Å². The molecular weight excluding hydrogens is 346 g/mol. The first-order valence-electron chi connectivity index (χ1n) is 9.26. The lowest BCUT2D eigenvalue weighted by atomic mass is 10.0. The summed E-state index contributed by atoms with van der Waals surface area (Å²) in [5.41, 5.74) is 2.63. The van der Waals surface area contributed by atoms with Crippen molar-refractivity contribution in [2.75, 3.05) is 49.1 Å². The van der Waals surface area contributed by atoms with E-state index < -0.39 is 0 Å². The van der Waals surface area contributed by atoms with Crippen LogP contribution in [0.3, 0.4) is 0 Å². The predicted molar refractivity (Wildman–Crippen MR) is 102 cm³/mol. The van der Waals surface area contributed by atoms with Gasteiger partial charge in [0.2, 0.25) is 0 Å². The number of cyclic esters (lactones) is 1. The third-order valence-corrected chi connectivity index (χ3v) is 4.99. The minimum Gasteiger partial charge on any atom is -0.418 e. The quantitative estimate of drug-likeness (QED) is 0.873.